The second-order valence-electron chi connectivity index (χ2n) is 4.57. The van der Waals surface area contributed by atoms with Gasteiger partial charge < -0.3 is 16.2 Å². The molecule has 0 bridgehead atoms. The molecular formula is C13H20ClFN2O. The second kappa shape index (κ2) is 7.04. The molecule has 0 radical (unpaired) electrons. The predicted octanol–water partition coefficient (Wildman–Crippen LogP) is 2.09. The number of hydrogen-bond donors (Lipinski definition) is 3. The summed E-state index contributed by atoms with van der Waals surface area (Å²) in [6.45, 7) is 4.22. The van der Waals surface area contributed by atoms with Crippen molar-refractivity contribution in [2.75, 3.05) is 13.2 Å². The molecule has 0 saturated carbocycles. The van der Waals surface area contributed by atoms with Gasteiger partial charge in [0.15, 0.2) is 0 Å². The van der Waals surface area contributed by atoms with Crippen LogP contribution in [-0.4, -0.2) is 24.3 Å². The molecule has 5 heteroatoms. The van der Waals surface area contributed by atoms with Crippen molar-refractivity contribution in [3.63, 3.8) is 0 Å². The molecule has 1 rings (SSSR count). The fourth-order valence-corrected chi connectivity index (χ4v) is 1.87. The van der Waals surface area contributed by atoms with E-state index in [9.17, 15) is 4.39 Å². The van der Waals surface area contributed by atoms with Crippen molar-refractivity contribution < 1.29 is 9.50 Å². The molecule has 102 valence electrons. The molecule has 0 aliphatic carbocycles. The SMILES string of the molecule is CC(CO)C(C)NC(CN)c1ccc(Cl)cc1F. The predicted molar refractivity (Wildman–Crippen MR) is 72.1 cm³/mol. The largest absolute Gasteiger partial charge is 0.396 e. The van der Waals surface area contributed by atoms with E-state index >= 15 is 0 Å². The Morgan fingerprint density at radius 1 is 1.44 bits per heavy atom. The number of nitrogens with one attached hydrogen (secondary N) is 1. The minimum absolute atomic E-state index is 0.0404. The van der Waals surface area contributed by atoms with Crippen LogP contribution in [-0.2, 0) is 0 Å². The maximum Gasteiger partial charge on any atom is 0.129 e. The van der Waals surface area contributed by atoms with Gasteiger partial charge in [0.2, 0.25) is 0 Å². The summed E-state index contributed by atoms with van der Waals surface area (Å²) >= 11 is 5.72. The van der Waals surface area contributed by atoms with Gasteiger partial charge in [-0.3, -0.25) is 0 Å². The minimum atomic E-state index is -0.366. The highest BCUT2D eigenvalue weighted by Crippen LogP contribution is 2.21. The maximum atomic E-state index is 13.8. The van der Waals surface area contributed by atoms with Gasteiger partial charge in [-0.1, -0.05) is 24.6 Å². The zero-order chi connectivity index (χ0) is 13.7. The van der Waals surface area contributed by atoms with Gasteiger partial charge in [0.1, 0.15) is 5.82 Å². The lowest BCUT2D eigenvalue weighted by Gasteiger charge is -2.26. The third kappa shape index (κ3) is 3.92. The number of benzene rings is 1. The van der Waals surface area contributed by atoms with E-state index < -0.39 is 0 Å². The third-order valence-electron chi connectivity index (χ3n) is 3.18. The quantitative estimate of drug-likeness (QED) is 0.744. The summed E-state index contributed by atoms with van der Waals surface area (Å²) in [6, 6.07) is 4.31. The van der Waals surface area contributed by atoms with Crippen molar-refractivity contribution in [3.05, 3.63) is 34.6 Å². The van der Waals surface area contributed by atoms with Crippen molar-refractivity contribution in [1.29, 1.82) is 0 Å². The summed E-state index contributed by atoms with van der Waals surface area (Å²) < 4.78 is 13.8. The Bertz CT molecular complexity index is 389. The van der Waals surface area contributed by atoms with Crippen LogP contribution in [0.4, 0.5) is 4.39 Å². The summed E-state index contributed by atoms with van der Waals surface area (Å²) in [5, 5.41) is 12.7. The summed E-state index contributed by atoms with van der Waals surface area (Å²) in [5.41, 5.74) is 6.18. The molecule has 0 amide bonds. The first kappa shape index (κ1) is 15.4. The van der Waals surface area contributed by atoms with Crippen molar-refractivity contribution in [1.82, 2.24) is 5.32 Å². The molecule has 0 saturated heterocycles. The molecule has 0 fully saturated rings. The number of hydrogen-bond acceptors (Lipinski definition) is 3. The molecule has 0 heterocycles. The number of nitrogens with two attached hydrogens (primary N) is 1. The van der Waals surface area contributed by atoms with Gasteiger partial charge in [0.05, 0.1) is 0 Å². The molecule has 0 spiro atoms. The molecular weight excluding hydrogens is 255 g/mol. The zero-order valence-electron chi connectivity index (χ0n) is 10.7. The average Bonchev–Trinajstić information content (AvgIpc) is 2.35. The summed E-state index contributed by atoms with van der Waals surface area (Å²) in [4.78, 5) is 0. The van der Waals surface area contributed by atoms with E-state index in [1.165, 1.54) is 6.07 Å². The highest BCUT2D eigenvalue weighted by atomic mass is 35.5. The third-order valence-corrected chi connectivity index (χ3v) is 3.41. The Balaban J connectivity index is 2.83. The van der Waals surface area contributed by atoms with Crippen molar-refractivity contribution >= 4 is 11.6 Å². The van der Waals surface area contributed by atoms with E-state index in [4.69, 9.17) is 22.4 Å². The molecule has 1 aromatic rings. The van der Waals surface area contributed by atoms with E-state index in [0.29, 0.717) is 10.6 Å². The molecule has 0 aromatic heterocycles. The highest BCUT2D eigenvalue weighted by Gasteiger charge is 2.19. The smallest absolute Gasteiger partial charge is 0.129 e. The Labute approximate surface area is 112 Å². The fraction of sp³-hybridized carbons (Fsp3) is 0.538. The van der Waals surface area contributed by atoms with Crippen LogP contribution in [0.15, 0.2) is 18.2 Å². The van der Waals surface area contributed by atoms with Gasteiger partial charge in [-0.05, 0) is 25.0 Å². The van der Waals surface area contributed by atoms with Crippen LogP contribution in [0.5, 0.6) is 0 Å². The highest BCUT2D eigenvalue weighted by molar-refractivity contribution is 6.30. The number of rotatable bonds is 6. The van der Waals surface area contributed by atoms with Gasteiger partial charge in [-0.25, -0.2) is 4.39 Å². The molecule has 18 heavy (non-hydrogen) atoms. The van der Waals surface area contributed by atoms with E-state index in [1.807, 2.05) is 13.8 Å². The van der Waals surface area contributed by atoms with Crippen LogP contribution in [0.1, 0.15) is 25.5 Å². The minimum Gasteiger partial charge on any atom is -0.396 e. The van der Waals surface area contributed by atoms with Crippen LogP contribution in [0.25, 0.3) is 0 Å². The van der Waals surface area contributed by atoms with Gasteiger partial charge in [0.25, 0.3) is 0 Å². The van der Waals surface area contributed by atoms with E-state index in [1.54, 1.807) is 12.1 Å². The van der Waals surface area contributed by atoms with Crippen LogP contribution >= 0.6 is 11.6 Å². The monoisotopic (exact) mass is 274 g/mol. The molecule has 1 aromatic carbocycles. The van der Waals surface area contributed by atoms with Crippen molar-refractivity contribution in [2.45, 2.75) is 25.9 Å². The van der Waals surface area contributed by atoms with Crippen molar-refractivity contribution in [3.8, 4) is 0 Å². The topological polar surface area (TPSA) is 58.3 Å². The van der Waals surface area contributed by atoms with E-state index in [2.05, 4.69) is 5.32 Å². The second-order valence-corrected chi connectivity index (χ2v) is 5.01. The average molecular weight is 275 g/mol. The summed E-state index contributed by atoms with van der Waals surface area (Å²) in [6.07, 6.45) is 0. The van der Waals surface area contributed by atoms with Crippen LogP contribution < -0.4 is 11.1 Å². The lowest BCUT2D eigenvalue weighted by molar-refractivity contribution is 0.201. The zero-order valence-corrected chi connectivity index (χ0v) is 11.4. The molecule has 3 nitrogen and oxygen atoms in total. The van der Waals surface area contributed by atoms with Gasteiger partial charge >= 0.3 is 0 Å². The first-order valence-electron chi connectivity index (χ1n) is 6.01. The van der Waals surface area contributed by atoms with Crippen LogP contribution in [0.2, 0.25) is 5.02 Å². The van der Waals surface area contributed by atoms with Crippen molar-refractivity contribution in [2.24, 2.45) is 11.7 Å². The fourth-order valence-electron chi connectivity index (χ4n) is 1.71. The lowest BCUT2D eigenvalue weighted by Crippen LogP contribution is -2.40. The van der Waals surface area contributed by atoms with Gasteiger partial charge in [-0.2, -0.15) is 0 Å². The Morgan fingerprint density at radius 2 is 2.11 bits per heavy atom. The summed E-state index contributed by atoms with van der Waals surface area (Å²) in [7, 11) is 0. The summed E-state index contributed by atoms with van der Waals surface area (Å²) in [5.74, 6) is -0.288. The number of halogens is 2. The van der Waals surface area contributed by atoms with Gasteiger partial charge in [0, 0.05) is 35.8 Å². The van der Waals surface area contributed by atoms with Gasteiger partial charge in [-0.15, -0.1) is 0 Å². The molecule has 4 N–H and O–H groups in total. The first-order chi connectivity index (χ1) is 8.49. The standard InChI is InChI=1S/C13H20ClFN2O/c1-8(7-18)9(2)17-13(6-16)11-4-3-10(14)5-12(11)15/h3-5,8-9,13,17-18H,6-7,16H2,1-2H3. The van der Waals surface area contributed by atoms with E-state index in [0.717, 1.165) is 0 Å². The normalized spacial score (nSPS) is 16.3. The number of aliphatic hydroxyl groups excluding tert-OH is 1. The molecule has 0 aliphatic rings. The Morgan fingerprint density at radius 3 is 2.61 bits per heavy atom. The first-order valence-corrected chi connectivity index (χ1v) is 6.39. The molecule has 3 atom stereocenters. The lowest BCUT2D eigenvalue weighted by atomic mass is 10.0. The Kier molecular flexibility index (Phi) is 6.02. The number of aliphatic hydroxyl groups is 1. The van der Waals surface area contributed by atoms with Crippen LogP contribution in [0.3, 0.4) is 0 Å². The molecule has 0 aliphatic heterocycles. The molecule has 3 unspecified atom stereocenters. The maximum absolute atomic E-state index is 13.8. The van der Waals surface area contributed by atoms with Crippen LogP contribution in [0, 0.1) is 11.7 Å². The Hall–Kier alpha value is -0.680. The van der Waals surface area contributed by atoms with E-state index in [-0.39, 0.29) is 37.0 Å².